The molecule has 0 amide bonds. The summed E-state index contributed by atoms with van der Waals surface area (Å²) in [5.74, 6) is -0.961. The van der Waals surface area contributed by atoms with Gasteiger partial charge in [0, 0.05) is 26.7 Å². The number of benzene rings is 2. The third kappa shape index (κ3) is 3.23. The molecule has 0 saturated carbocycles. The number of H-pyrrole nitrogens is 1. The molecule has 4 rings (SSSR count). The maximum atomic E-state index is 13.4. The predicted octanol–water partition coefficient (Wildman–Crippen LogP) is 4.90. The van der Waals surface area contributed by atoms with Gasteiger partial charge in [-0.05, 0) is 49.4 Å². The van der Waals surface area contributed by atoms with Crippen LogP contribution >= 0.6 is 15.9 Å². The Bertz CT molecular complexity index is 1130. The summed E-state index contributed by atoms with van der Waals surface area (Å²) < 4.78 is 0.890. The molecular weight excluding hydrogens is 406 g/mol. The van der Waals surface area contributed by atoms with Crippen LogP contribution in [-0.4, -0.2) is 16.1 Å². The van der Waals surface area contributed by atoms with E-state index in [1.807, 2.05) is 42.5 Å². The van der Waals surface area contributed by atoms with Gasteiger partial charge in [-0.3, -0.25) is 4.79 Å². The highest BCUT2D eigenvalue weighted by Crippen LogP contribution is 2.33. The van der Waals surface area contributed by atoms with Crippen LogP contribution in [0.25, 0.3) is 16.5 Å². The molecule has 0 aliphatic heterocycles. The Morgan fingerprint density at radius 3 is 2.52 bits per heavy atom. The first-order valence-corrected chi connectivity index (χ1v) is 9.72. The van der Waals surface area contributed by atoms with Gasteiger partial charge in [0.25, 0.3) is 0 Å². The molecule has 0 unspecified atom stereocenters. The average molecular weight is 424 g/mol. The number of hydrogen-bond acceptors (Lipinski definition) is 2. The minimum Gasteiger partial charge on any atom is -0.478 e. The summed E-state index contributed by atoms with van der Waals surface area (Å²) in [5, 5.41) is 10.4. The van der Waals surface area contributed by atoms with E-state index in [-0.39, 0.29) is 5.43 Å². The molecule has 3 aromatic rings. The van der Waals surface area contributed by atoms with Crippen molar-refractivity contribution in [1.29, 1.82) is 0 Å². The highest BCUT2D eigenvalue weighted by atomic mass is 79.9. The van der Waals surface area contributed by atoms with Crippen molar-refractivity contribution in [2.45, 2.75) is 25.7 Å². The van der Waals surface area contributed by atoms with Crippen LogP contribution in [0.5, 0.6) is 0 Å². The number of pyridine rings is 1. The van der Waals surface area contributed by atoms with Crippen molar-refractivity contribution >= 4 is 38.4 Å². The second-order valence-electron chi connectivity index (χ2n) is 6.73. The standard InChI is InChI=1S/C22H18BrNO3/c23-14-10-11-15-18(12-14)24-17-9-5-4-8-16(22(26)27)19(20(17)21(15)25)13-6-2-1-3-7-13/h1-3,6-7,10-12H,4-5,8-9H2,(H,24,25)(H,26,27). The normalized spacial score (nSPS) is 14.6. The van der Waals surface area contributed by atoms with Crippen molar-refractivity contribution in [2.75, 3.05) is 0 Å². The fourth-order valence-electron chi connectivity index (χ4n) is 3.78. The molecule has 1 aliphatic carbocycles. The molecule has 1 heterocycles. The molecule has 2 aromatic carbocycles. The van der Waals surface area contributed by atoms with Gasteiger partial charge in [0.05, 0.1) is 11.1 Å². The number of carboxylic acids is 1. The number of halogens is 1. The Balaban J connectivity index is 2.14. The van der Waals surface area contributed by atoms with E-state index in [4.69, 9.17) is 0 Å². The number of aryl methyl sites for hydroxylation is 1. The molecule has 0 saturated heterocycles. The van der Waals surface area contributed by atoms with Gasteiger partial charge in [-0.25, -0.2) is 4.79 Å². The third-order valence-corrected chi connectivity index (χ3v) is 5.51. The number of rotatable bonds is 2. The van der Waals surface area contributed by atoms with Crippen molar-refractivity contribution < 1.29 is 9.90 Å². The maximum Gasteiger partial charge on any atom is 0.332 e. The molecule has 1 aromatic heterocycles. The molecule has 5 heteroatoms. The number of carboxylic acid groups (broad SMARTS) is 1. The smallest absolute Gasteiger partial charge is 0.332 e. The van der Waals surface area contributed by atoms with E-state index in [1.165, 1.54) is 0 Å². The van der Waals surface area contributed by atoms with E-state index in [0.717, 1.165) is 40.5 Å². The molecule has 27 heavy (non-hydrogen) atoms. The number of fused-ring (bicyclic) bond motifs is 2. The molecule has 0 fully saturated rings. The minimum absolute atomic E-state index is 0.120. The lowest BCUT2D eigenvalue weighted by molar-refractivity contribution is -0.132. The lowest BCUT2D eigenvalue weighted by Crippen LogP contribution is -2.19. The summed E-state index contributed by atoms with van der Waals surface area (Å²) >= 11 is 3.45. The quantitative estimate of drug-likeness (QED) is 0.615. The molecule has 1 aliphatic rings. The van der Waals surface area contributed by atoms with Gasteiger partial charge in [-0.2, -0.15) is 0 Å². The summed E-state index contributed by atoms with van der Waals surface area (Å²) in [5.41, 5.74) is 3.56. The fourth-order valence-corrected chi connectivity index (χ4v) is 4.14. The predicted molar refractivity (Wildman–Crippen MR) is 110 cm³/mol. The highest BCUT2D eigenvalue weighted by Gasteiger charge is 2.25. The number of aromatic nitrogens is 1. The Kier molecular flexibility index (Phi) is 4.70. The SMILES string of the molecule is O=C(O)C1=C(c2ccccc2)c2c([nH]c3cc(Br)ccc3c2=O)CCCC1. The van der Waals surface area contributed by atoms with E-state index in [1.54, 1.807) is 6.07 Å². The lowest BCUT2D eigenvalue weighted by atomic mass is 9.85. The summed E-state index contributed by atoms with van der Waals surface area (Å²) in [6, 6.07) is 14.9. The number of carbonyl (C=O) groups is 1. The topological polar surface area (TPSA) is 70.2 Å². The van der Waals surface area contributed by atoms with Gasteiger partial charge in [0.1, 0.15) is 0 Å². The van der Waals surface area contributed by atoms with Crippen LogP contribution in [-0.2, 0) is 11.2 Å². The summed E-state index contributed by atoms with van der Waals surface area (Å²) in [7, 11) is 0. The number of hydrogen-bond donors (Lipinski definition) is 2. The number of nitrogens with one attached hydrogen (secondary N) is 1. The Labute approximate surface area is 164 Å². The summed E-state index contributed by atoms with van der Waals surface area (Å²) in [4.78, 5) is 28.9. The maximum absolute atomic E-state index is 13.4. The van der Waals surface area contributed by atoms with Gasteiger partial charge in [-0.15, -0.1) is 0 Å². The van der Waals surface area contributed by atoms with Crippen LogP contribution in [0, 0.1) is 0 Å². The van der Waals surface area contributed by atoms with E-state index in [2.05, 4.69) is 20.9 Å². The zero-order valence-electron chi connectivity index (χ0n) is 14.6. The summed E-state index contributed by atoms with van der Waals surface area (Å²) in [6.07, 6.45) is 2.78. The molecule has 0 radical (unpaired) electrons. The number of aromatic amines is 1. The lowest BCUT2D eigenvalue weighted by Gasteiger charge is -2.20. The van der Waals surface area contributed by atoms with Crippen molar-refractivity contribution in [3.05, 3.63) is 85.6 Å². The third-order valence-electron chi connectivity index (χ3n) is 5.02. The monoisotopic (exact) mass is 423 g/mol. The average Bonchev–Trinajstić information content (AvgIpc) is 2.63. The second-order valence-corrected chi connectivity index (χ2v) is 7.65. The van der Waals surface area contributed by atoms with Crippen molar-refractivity contribution in [3.8, 4) is 0 Å². The van der Waals surface area contributed by atoms with Crippen molar-refractivity contribution in [2.24, 2.45) is 0 Å². The van der Waals surface area contributed by atoms with Gasteiger partial charge in [0.15, 0.2) is 5.43 Å². The molecule has 0 bridgehead atoms. The van der Waals surface area contributed by atoms with Gasteiger partial charge in [0.2, 0.25) is 0 Å². The Hall–Kier alpha value is -2.66. The van der Waals surface area contributed by atoms with Crippen LogP contribution in [0.1, 0.15) is 36.1 Å². The molecule has 0 spiro atoms. The molecule has 4 nitrogen and oxygen atoms in total. The minimum atomic E-state index is -0.961. The van der Waals surface area contributed by atoms with Crippen molar-refractivity contribution in [1.82, 2.24) is 4.98 Å². The van der Waals surface area contributed by atoms with Crippen LogP contribution in [0.2, 0.25) is 0 Å². The van der Waals surface area contributed by atoms with Gasteiger partial charge < -0.3 is 10.1 Å². The zero-order chi connectivity index (χ0) is 19.0. The fraction of sp³-hybridized carbons (Fsp3) is 0.182. The van der Waals surface area contributed by atoms with E-state index in [9.17, 15) is 14.7 Å². The first-order chi connectivity index (χ1) is 13.1. The van der Waals surface area contributed by atoms with Crippen LogP contribution in [0.15, 0.2) is 63.4 Å². The molecule has 2 N–H and O–H groups in total. The van der Waals surface area contributed by atoms with Crippen LogP contribution in [0.4, 0.5) is 0 Å². The first-order valence-electron chi connectivity index (χ1n) is 8.93. The van der Waals surface area contributed by atoms with Gasteiger partial charge >= 0.3 is 5.97 Å². The van der Waals surface area contributed by atoms with E-state index in [0.29, 0.717) is 28.5 Å². The largest absolute Gasteiger partial charge is 0.478 e. The number of aliphatic carboxylic acids is 1. The highest BCUT2D eigenvalue weighted by molar-refractivity contribution is 9.10. The zero-order valence-corrected chi connectivity index (χ0v) is 16.2. The van der Waals surface area contributed by atoms with Crippen LogP contribution in [0.3, 0.4) is 0 Å². The first kappa shape index (κ1) is 17.7. The summed E-state index contributed by atoms with van der Waals surface area (Å²) in [6.45, 7) is 0. The van der Waals surface area contributed by atoms with E-state index >= 15 is 0 Å². The van der Waals surface area contributed by atoms with Crippen molar-refractivity contribution in [3.63, 3.8) is 0 Å². The Morgan fingerprint density at radius 1 is 1.04 bits per heavy atom. The molecule has 0 atom stereocenters. The Morgan fingerprint density at radius 2 is 1.78 bits per heavy atom. The molecular formula is C22H18BrNO3. The van der Waals surface area contributed by atoms with Gasteiger partial charge in [-0.1, -0.05) is 46.3 Å². The second kappa shape index (κ2) is 7.16. The van der Waals surface area contributed by atoms with Crippen LogP contribution < -0.4 is 5.43 Å². The van der Waals surface area contributed by atoms with E-state index < -0.39 is 5.97 Å². The molecule has 136 valence electrons.